The zero-order valence-corrected chi connectivity index (χ0v) is 11.2. The van der Waals surface area contributed by atoms with Gasteiger partial charge in [-0.05, 0) is 25.8 Å². The van der Waals surface area contributed by atoms with Gasteiger partial charge in [-0.2, -0.15) is 5.10 Å². The molecule has 1 saturated heterocycles. The second-order valence-corrected chi connectivity index (χ2v) is 5.12. The maximum absolute atomic E-state index is 5.97. The van der Waals surface area contributed by atoms with Crippen LogP contribution in [0.4, 0.5) is 0 Å². The van der Waals surface area contributed by atoms with Crippen LogP contribution < -0.4 is 5.73 Å². The Bertz CT molecular complexity index is 371. The second-order valence-electron chi connectivity index (χ2n) is 5.12. The molecule has 0 aromatic carbocycles. The maximum Gasteiger partial charge on any atom is 0.0540 e. The molecule has 2 unspecified atom stereocenters. The lowest BCUT2D eigenvalue weighted by Gasteiger charge is -2.26. The quantitative estimate of drug-likeness (QED) is 0.861. The van der Waals surface area contributed by atoms with Gasteiger partial charge in [0.05, 0.1) is 12.2 Å². The minimum absolute atomic E-state index is 0.347. The lowest BCUT2D eigenvalue weighted by molar-refractivity contribution is 0.240. The molecule has 0 amide bonds. The van der Waals surface area contributed by atoms with Crippen LogP contribution in [0.25, 0.3) is 0 Å². The van der Waals surface area contributed by atoms with Gasteiger partial charge in [0.15, 0.2) is 0 Å². The fourth-order valence-electron chi connectivity index (χ4n) is 2.79. The number of aromatic nitrogens is 2. The molecule has 0 saturated carbocycles. The number of nitrogens with zero attached hydrogens (tertiary/aromatic N) is 3. The van der Waals surface area contributed by atoms with Crippen molar-refractivity contribution in [2.45, 2.75) is 32.7 Å². The molecular weight excluding hydrogens is 212 g/mol. The van der Waals surface area contributed by atoms with Crippen molar-refractivity contribution in [3.63, 3.8) is 0 Å². The molecular formula is C13H24N4. The third-order valence-electron chi connectivity index (χ3n) is 4.19. The van der Waals surface area contributed by atoms with Gasteiger partial charge in [-0.15, -0.1) is 0 Å². The third-order valence-corrected chi connectivity index (χ3v) is 4.19. The van der Waals surface area contributed by atoms with Crippen molar-refractivity contribution in [3.05, 3.63) is 17.5 Å². The van der Waals surface area contributed by atoms with Crippen LogP contribution in [0.1, 0.15) is 37.1 Å². The molecule has 2 heterocycles. The average Bonchev–Trinajstić information content (AvgIpc) is 2.92. The van der Waals surface area contributed by atoms with E-state index in [9.17, 15) is 0 Å². The Morgan fingerprint density at radius 2 is 2.35 bits per heavy atom. The van der Waals surface area contributed by atoms with Crippen molar-refractivity contribution in [3.8, 4) is 0 Å². The van der Waals surface area contributed by atoms with E-state index in [0.717, 1.165) is 5.92 Å². The molecule has 1 aromatic heterocycles. The van der Waals surface area contributed by atoms with E-state index in [1.807, 2.05) is 17.9 Å². The highest BCUT2D eigenvalue weighted by Crippen LogP contribution is 2.29. The van der Waals surface area contributed by atoms with Crippen molar-refractivity contribution in [1.82, 2.24) is 14.7 Å². The summed E-state index contributed by atoms with van der Waals surface area (Å²) in [5, 5.41) is 4.33. The van der Waals surface area contributed by atoms with Gasteiger partial charge in [0.1, 0.15) is 0 Å². The Hall–Kier alpha value is -0.870. The Kier molecular flexibility index (Phi) is 3.84. The SMILES string of the molecule is CCC1CCN(C(CN)c2cnn(C)c2C)C1. The number of likely N-dealkylation sites (tertiary alicyclic amines) is 1. The maximum atomic E-state index is 5.97. The molecule has 0 aliphatic carbocycles. The predicted octanol–water partition coefficient (Wildman–Crippen LogP) is 1.46. The summed E-state index contributed by atoms with van der Waals surface area (Å²) in [6.45, 7) is 7.45. The first-order chi connectivity index (χ1) is 8.17. The number of hydrogen-bond acceptors (Lipinski definition) is 3. The van der Waals surface area contributed by atoms with Gasteiger partial charge in [-0.3, -0.25) is 9.58 Å². The van der Waals surface area contributed by atoms with Crippen molar-refractivity contribution < 1.29 is 0 Å². The Labute approximate surface area is 104 Å². The highest BCUT2D eigenvalue weighted by molar-refractivity contribution is 5.21. The summed E-state index contributed by atoms with van der Waals surface area (Å²) < 4.78 is 1.94. The summed E-state index contributed by atoms with van der Waals surface area (Å²) >= 11 is 0. The lowest BCUT2D eigenvalue weighted by atomic mass is 10.1. The highest BCUT2D eigenvalue weighted by atomic mass is 15.3. The van der Waals surface area contributed by atoms with E-state index in [1.54, 1.807) is 0 Å². The predicted molar refractivity (Wildman–Crippen MR) is 69.7 cm³/mol. The van der Waals surface area contributed by atoms with E-state index in [1.165, 1.54) is 37.2 Å². The monoisotopic (exact) mass is 236 g/mol. The van der Waals surface area contributed by atoms with Crippen LogP contribution in [0, 0.1) is 12.8 Å². The molecule has 0 bridgehead atoms. The molecule has 96 valence electrons. The minimum atomic E-state index is 0.347. The molecule has 1 aliphatic heterocycles. The molecule has 1 fully saturated rings. The van der Waals surface area contributed by atoms with Gasteiger partial charge in [0.2, 0.25) is 0 Å². The van der Waals surface area contributed by atoms with Crippen LogP contribution in [0.15, 0.2) is 6.20 Å². The molecule has 4 heteroatoms. The summed E-state index contributed by atoms with van der Waals surface area (Å²) in [7, 11) is 1.99. The summed E-state index contributed by atoms with van der Waals surface area (Å²) in [6.07, 6.45) is 4.57. The Morgan fingerprint density at radius 1 is 1.59 bits per heavy atom. The first-order valence-electron chi connectivity index (χ1n) is 6.60. The summed E-state index contributed by atoms with van der Waals surface area (Å²) in [5.74, 6) is 0.848. The van der Waals surface area contributed by atoms with Crippen LogP contribution in [0.5, 0.6) is 0 Å². The van der Waals surface area contributed by atoms with Crippen LogP contribution >= 0.6 is 0 Å². The van der Waals surface area contributed by atoms with E-state index < -0.39 is 0 Å². The smallest absolute Gasteiger partial charge is 0.0540 e. The van der Waals surface area contributed by atoms with Gasteiger partial charge >= 0.3 is 0 Å². The lowest BCUT2D eigenvalue weighted by Crippen LogP contribution is -2.32. The second kappa shape index (κ2) is 5.19. The fraction of sp³-hybridized carbons (Fsp3) is 0.769. The number of hydrogen-bond donors (Lipinski definition) is 1. The molecule has 2 atom stereocenters. The van der Waals surface area contributed by atoms with Crippen LogP contribution in [0.2, 0.25) is 0 Å². The molecule has 2 N–H and O–H groups in total. The van der Waals surface area contributed by atoms with Crippen molar-refractivity contribution in [1.29, 1.82) is 0 Å². The zero-order valence-electron chi connectivity index (χ0n) is 11.2. The molecule has 1 aliphatic rings. The largest absolute Gasteiger partial charge is 0.329 e. The van der Waals surface area contributed by atoms with Gasteiger partial charge in [0.25, 0.3) is 0 Å². The van der Waals surface area contributed by atoms with E-state index in [2.05, 4.69) is 23.8 Å². The van der Waals surface area contributed by atoms with E-state index in [4.69, 9.17) is 5.73 Å². The van der Waals surface area contributed by atoms with Crippen molar-refractivity contribution in [2.24, 2.45) is 18.7 Å². The molecule has 4 nitrogen and oxygen atoms in total. The minimum Gasteiger partial charge on any atom is -0.329 e. The third kappa shape index (κ3) is 2.38. The normalized spacial score (nSPS) is 23.2. The first kappa shape index (κ1) is 12.6. The highest BCUT2D eigenvalue weighted by Gasteiger charge is 2.29. The van der Waals surface area contributed by atoms with Gasteiger partial charge in [-0.25, -0.2) is 0 Å². The van der Waals surface area contributed by atoms with Crippen LogP contribution in [0.3, 0.4) is 0 Å². The Balaban J connectivity index is 2.14. The van der Waals surface area contributed by atoms with Gasteiger partial charge < -0.3 is 5.73 Å². The van der Waals surface area contributed by atoms with Gasteiger partial charge in [0, 0.05) is 31.4 Å². The topological polar surface area (TPSA) is 47.1 Å². The van der Waals surface area contributed by atoms with Crippen molar-refractivity contribution in [2.75, 3.05) is 19.6 Å². The molecule has 1 aromatic rings. The number of nitrogens with two attached hydrogens (primary N) is 1. The molecule has 2 rings (SSSR count). The molecule has 17 heavy (non-hydrogen) atoms. The zero-order chi connectivity index (χ0) is 12.4. The fourth-order valence-corrected chi connectivity index (χ4v) is 2.79. The van der Waals surface area contributed by atoms with E-state index >= 15 is 0 Å². The molecule has 0 radical (unpaired) electrons. The summed E-state index contributed by atoms with van der Waals surface area (Å²) in [4.78, 5) is 2.53. The van der Waals surface area contributed by atoms with Crippen LogP contribution in [-0.2, 0) is 7.05 Å². The van der Waals surface area contributed by atoms with Crippen molar-refractivity contribution >= 4 is 0 Å². The first-order valence-corrected chi connectivity index (χ1v) is 6.60. The standard InChI is InChI=1S/C13H24N4/c1-4-11-5-6-17(9-11)13(7-14)12-8-15-16(3)10(12)2/h8,11,13H,4-7,9,14H2,1-3H3. The van der Waals surface area contributed by atoms with Gasteiger partial charge in [-0.1, -0.05) is 13.3 Å². The number of rotatable bonds is 4. The molecule has 0 spiro atoms. The number of aryl methyl sites for hydroxylation is 1. The van der Waals surface area contributed by atoms with E-state index in [0.29, 0.717) is 12.6 Å². The summed E-state index contributed by atoms with van der Waals surface area (Å²) in [5.41, 5.74) is 8.51. The average molecular weight is 236 g/mol. The summed E-state index contributed by atoms with van der Waals surface area (Å²) in [6, 6.07) is 0.347. The van der Waals surface area contributed by atoms with E-state index in [-0.39, 0.29) is 0 Å². The van der Waals surface area contributed by atoms with Crippen LogP contribution in [-0.4, -0.2) is 34.3 Å². The Morgan fingerprint density at radius 3 is 2.82 bits per heavy atom.